The maximum absolute atomic E-state index is 12.1. The Morgan fingerprint density at radius 2 is 2.17 bits per heavy atom. The maximum atomic E-state index is 12.1. The van der Waals surface area contributed by atoms with Gasteiger partial charge in [-0.25, -0.2) is 4.79 Å². The first-order valence-electron chi connectivity index (χ1n) is 5.88. The zero-order valence-corrected chi connectivity index (χ0v) is 10.5. The second kappa shape index (κ2) is 4.32. The van der Waals surface area contributed by atoms with Crippen molar-refractivity contribution < 1.29 is 9.59 Å². The molecule has 7 heteroatoms. The first-order chi connectivity index (χ1) is 8.46. The molecule has 0 radical (unpaired) electrons. The molecule has 3 N–H and O–H groups in total. The van der Waals surface area contributed by atoms with E-state index in [1.54, 1.807) is 17.8 Å². The van der Waals surface area contributed by atoms with Crippen molar-refractivity contribution in [3.05, 3.63) is 12.4 Å². The molecule has 1 fully saturated rings. The number of hydrogen-bond donors (Lipinski definition) is 2. The van der Waals surface area contributed by atoms with E-state index in [-0.39, 0.29) is 11.9 Å². The summed E-state index contributed by atoms with van der Waals surface area (Å²) >= 11 is 0. The number of imide groups is 1. The largest absolute Gasteiger partial charge is 0.396 e. The summed E-state index contributed by atoms with van der Waals surface area (Å²) in [6.07, 6.45) is 3.77. The molecule has 1 aliphatic heterocycles. The number of nitrogens with zero attached hydrogens (tertiary/aromatic N) is 3. The Morgan fingerprint density at radius 3 is 2.67 bits per heavy atom. The predicted octanol–water partition coefficient (Wildman–Crippen LogP) is 0.186. The van der Waals surface area contributed by atoms with Crippen LogP contribution in [0.2, 0.25) is 0 Å². The minimum absolute atomic E-state index is 0.185. The second-order valence-electron chi connectivity index (χ2n) is 4.61. The van der Waals surface area contributed by atoms with E-state index in [0.29, 0.717) is 25.2 Å². The SMILES string of the molecule is CCC1(C)NC(=O)N(CCn2cc(N)cn2)C1=O. The van der Waals surface area contributed by atoms with Gasteiger partial charge in [0.25, 0.3) is 5.91 Å². The van der Waals surface area contributed by atoms with E-state index < -0.39 is 5.54 Å². The molecular formula is C11H17N5O2. The van der Waals surface area contributed by atoms with Crippen LogP contribution < -0.4 is 11.1 Å². The molecule has 1 aromatic rings. The number of carbonyl (C=O) groups excluding carboxylic acids is 2. The van der Waals surface area contributed by atoms with Gasteiger partial charge in [0.05, 0.1) is 25.0 Å². The van der Waals surface area contributed by atoms with Crippen LogP contribution in [0.4, 0.5) is 10.5 Å². The Hall–Kier alpha value is -2.05. The van der Waals surface area contributed by atoms with Crippen LogP contribution in [0.25, 0.3) is 0 Å². The lowest BCUT2D eigenvalue weighted by molar-refractivity contribution is -0.130. The molecule has 2 rings (SSSR count). The highest BCUT2D eigenvalue weighted by molar-refractivity contribution is 6.06. The van der Waals surface area contributed by atoms with Gasteiger partial charge in [-0.2, -0.15) is 5.10 Å². The molecule has 0 bridgehead atoms. The number of nitrogen functional groups attached to an aromatic ring is 1. The van der Waals surface area contributed by atoms with Crippen molar-refractivity contribution in [3.8, 4) is 0 Å². The van der Waals surface area contributed by atoms with Gasteiger partial charge >= 0.3 is 6.03 Å². The molecule has 7 nitrogen and oxygen atoms in total. The van der Waals surface area contributed by atoms with Crippen LogP contribution in [0.15, 0.2) is 12.4 Å². The number of rotatable bonds is 4. The first-order valence-corrected chi connectivity index (χ1v) is 5.88. The first kappa shape index (κ1) is 12.4. The van der Waals surface area contributed by atoms with E-state index in [1.807, 2.05) is 6.92 Å². The van der Waals surface area contributed by atoms with Gasteiger partial charge in [0, 0.05) is 6.20 Å². The van der Waals surface area contributed by atoms with Crippen molar-refractivity contribution in [1.82, 2.24) is 20.0 Å². The van der Waals surface area contributed by atoms with Gasteiger partial charge in [-0.05, 0) is 13.3 Å². The van der Waals surface area contributed by atoms with E-state index in [0.717, 1.165) is 0 Å². The third-order valence-corrected chi connectivity index (χ3v) is 3.26. The molecule has 1 aromatic heterocycles. The van der Waals surface area contributed by atoms with Crippen molar-refractivity contribution in [3.63, 3.8) is 0 Å². The van der Waals surface area contributed by atoms with E-state index >= 15 is 0 Å². The molecule has 2 heterocycles. The van der Waals surface area contributed by atoms with Gasteiger partial charge in [-0.3, -0.25) is 14.4 Å². The van der Waals surface area contributed by atoms with Gasteiger partial charge in [0.15, 0.2) is 0 Å². The highest BCUT2D eigenvalue weighted by Gasteiger charge is 2.46. The average molecular weight is 251 g/mol. The highest BCUT2D eigenvalue weighted by atomic mass is 16.2. The molecule has 98 valence electrons. The van der Waals surface area contributed by atoms with Gasteiger partial charge in [0.2, 0.25) is 0 Å². The summed E-state index contributed by atoms with van der Waals surface area (Å²) in [5.41, 5.74) is 5.32. The number of hydrogen-bond acceptors (Lipinski definition) is 4. The van der Waals surface area contributed by atoms with Crippen LogP contribution in [-0.4, -0.2) is 38.7 Å². The van der Waals surface area contributed by atoms with E-state index in [9.17, 15) is 9.59 Å². The van der Waals surface area contributed by atoms with Crippen molar-refractivity contribution in [2.24, 2.45) is 0 Å². The summed E-state index contributed by atoms with van der Waals surface area (Å²) in [7, 11) is 0. The molecular weight excluding hydrogens is 234 g/mol. The Balaban J connectivity index is 2.02. The fraction of sp³-hybridized carbons (Fsp3) is 0.545. The lowest BCUT2D eigenvalue weighted by Gasteiger charge is -2.19. The summed E-state index contributed by atoms with van der Waals surface area (Å²) in [4.78, 5) is 25.0. The molecule has 0 saturated carbocycles. The Labute approximate surface area is 105 Å². The molecule has 3 amide bonds. The number of amides is 3. The number of nitrogens with one attached hydrogen (secondary N) is 1. The van der Waals surface area contributed by atoms with Gasteiger partial charge in [-0.1, -0.05) is 6.92 Å². The van der Waals surface area contributed by atoms with Crippen LogP contribution >= 0.6 is 0 Å². The van der Waals surface area contributed by atoms with Crippen LogP contribution in [-0.2, 0) is 11.3 Å². The number of anilines is 1. The fourth-order valence-electron chi connectivity index (χ4n) is 1.89. The predicted molar refractivity (Wildman–Crippen MR) is 65.6 cm³/mol. The number of urea groups is 1. The van der Waals surface area contributed by atoms with E-state index in [2.05, 4.69) is 10.4 Å². The number of nitrogens with two attached hydrogens (primary N) is 1. The van der Waals surface area contributed by atoms with Gasteiger partial charge in [0.1, 0.15) is 5.54 Å². The molecule has 0 aromatic carbocycles. The maximum Gasteiger partial charge on any atom is 0.325 e. The topological polar surface area (TPSA) is 93.2 Å². The minimum atomic E-state index is -0.778. The summed E-state index contributed by atoms with van der Waals surface area (Å²) in [6, 6.07) is -0.343. The van der Waals surface area contributed by atoms with Gasteiger partial charge in [-0.15, -0.1) is 0 Å². The Bertz CT molecular complexity index is 484. The van der Waals surface area contributed by atoms with Crippen LogP contribution in [0, 0.1) is 0 Å². The molecule has 1 unspecified atom stereocenters. The van der Waals surface area contributed by atoms with Gasteiger partial charge < -0.3 is 11.1 Å². The molecule has 0 spiro atoms. The second-order valence-corrected chi connectivity index (χ2v) is 4.61. The molecule has 1 aliphatic rings. The molecule has 1 atom stereocenters. The normalized spacial score (nSPS) is 23.6. The fourth-order valence-corrected chi connectivity index (χ4v) is 1.89. The standard InChI is InChI=1S/C11H17N5O2/c1-3-11(2)9(17)16(10(18)14-11)5-4-15-7-8(12)6-13-15/h6-7H,3-5,12H2,1-2H3,(H,14,18). The summed E-state index contributed by atoms with van der Waals surface area (Å²) < 4.78 is 1.61. The minimum Gasteiger partial charge on any atom is -0.396 e. The zero-order chi connectivity index (χ0) is 13.3. The molecule has 18 heavy (non-hydrogen) atoms. The lowest BCUT2D eigenvalue weighted by atomic mass is 9.99. The average Bonchev–Trinajstić information content (AvgIpc) is 2.82. The van der Waals surface area contributed by atoms with Crippen molar-refractivity contribution in [1.29, 1.82) is 0 Å². The van der Waals surface area contributed by atoms with Crippen LogP contribution in [0.5, 0.6) is 0 Å². The quantitative estimate of drug-likeness (QED) is 0.747. The third kappa shape index (κ3) is 2.03. The van der Waals surface area contributed by atoms with Crippen molar-refractivity contribution in [2.45, 2.75) is 32.4 Å². The monoisotopic (exact) mass is 251 g/mol. The molecule has 0 aliphatic carbocycles. The van der Waals surface area contributed by atoms with Crippen molar-refractivity contribution in [2.75, 3.05) is 12.3 Å². The van der Waals surface area contributed by atoms with E-state index in [4.69, 9.17) is 5.73 Å². The molecule has 1 saturated heterocycles. The van der Waals surface area contributed by atoms with Crippen LogP contribution in [0.3, 0.4) is 0 Å². The summed E-state index contributed by atoms with van der Waals surface area (Å²) in [6.45, 7) is 4.34. The smallest absolute Gasteiger partial charge is 0.325 e. The zero-order valence-electron chi connectivity index (χ0n) is 10.5. The third-order valence-electron chi connectivity index (χ3n) is 3.26. The Kier molecular flexibility index (Phi) is 2.98. The highest BCUT2D eigenvalue weighted by Crippen LogP contribution is 2.20. The summed E-state index contributed by atoms with van der Waals surface area (Å²) in [5.74, 6) is -0.185. The van der Waals surface area contributed by atoms with Crippen molar-refractivity contribution >= 4 is 17.6 Å². The number of carbonyl (C=O) groups is 2. The Morgan fingerprint density at radius 1 is 1.44 bits per heavy atom. The number of aromatic nitrogens is 2. The van der Waals surface area contributed by atoms with E-state index in [1.165, 1.54) is 11.1 Å². The van der Waals surface area contributed by atoms with Crippen LogP contribution in [0.1, 0.15) is 20.3 Å². The lowest BCUT2D eigenvalue weighted by Crippen LogP contribution is -2.43. The summed E-state index contributed by atoms with van der Waals surface area (Å²) in [5, 5.41) is 6.71.